The normalized spacial score (nSPS) is 17.5. The molecule has 0 bridgehead atoms. The lowest BCUT2D eigenvalue weighted by molar-refractivity contribution is -0.123. The van der Waals surface area contributed by atoms with Gasteiger partial charge in [-0.3, -0.25) is 9.69 Å². The summed E-state index contributed by atoms with van der Waals surface area (Å²) in [4.78, 5) is 14.2. The van der Waals surface area contributed by atoms with E-state index in [1.807, 2.05) is 13.8 Å². The SMILES string of the molecule is CC(C)[C@H](N)C(=O)NCc1ccc(CN2CCOCC2)cc1. The molecule has 0 spiro atoms. The molecule has 0 radical (unpaired) electrons. The molecule has 1 aliphatic rings. The van der Waals surface area contributed by atoms with Crippen molar-refractivity contribution in [1.29, 1.82) is 0 Å². The van der Waals surface area contributed by atoms with E-state index < -0.39 is 6.04 Å². The molecule has 1 fully saturated rings. The summed E-state index contributed by atoms with van der Waals surface area (Å²) in [6.07, 6.45) is 0. The van der Waals surface area contributed by atoms with Gasteiger partial charge in [-0.05, 0) is 17.0 Å². The second-order valence-electron chi connectivity index (χ2n) is 6.19. The van der Waals surface area contributed by atoms with Crippen LogP contribution in [0, 0.1) is 5.92 Å². The number of hydrogen-bond acceptors (Lipinski definition) is 4. The summed E-state index contributed by atoms with van der Waals surface area (Å²) in [5, 5.41) is 2.89. The number of amides is 1. The molecule has 1 aromatic carbocycles. The van der Waals surface area contributed by atoms with Gasteiger partial charge in [0.1, 0.15) is 0 Å². The van der Waals surface area contributed by atoms with Crippen molar-refractivity contribution >= 4 is 5.91 Å². The Kier molecular flexibility index (Phi) is 6.36. The molecule has 2 rings (SSSR count). The van der Waals surface area contributed by atoms with E-state index in [1.54, 1.807) is 0 Å². The molecule has 0 unspecified atom stereocenters. The molecule has 0 aliphatic carbocycles. The fourth-order valence-electron chi connectivity index (χ4n) is 2.39. The summed E-state index contributed by atoms with van der Waals surface area (Å²) in [5.74, 6) is 0.0586. The second kappa shape index (κ2) is 8.27. The van der Waals surface area contributed by atoms with Crippen LogP contribution in [0.1, 0.15) is 25.0 Å². The van der Waals surface area contributed by atoms with Gasteiger partial charge in [0.05, 0.1) is 19.3 Å². The molecule has 1 amide bonds. The van der Waals surface area contributed by atoms with Gasteiger partial charge < -0.3 is 15.8 Å². The summed E-state index contributed by atoms with van der Waals surface area (Å²) in [5.41, 5.74) is 8.21. The maximum atomic E-state index is 11.8. The Morgan fingerprint density at radius 3 is 2.41 bits per heavy atom. The van der Waals surface area contributed by atoms with E-state index in [-0.39, 0.29) is 11.8 Å². The maximum Gasteiger partial charge on any atom is 0.237 e. The molecule has 1 saturated heterocycles. The zero-order valence-electron chi connectivity index (χ0n) is 13.5. The first-order valence-corrected chi connectivity index (χ1v) is 7.97. The van der Waals surface area contributed by atoms with Crippen molar-refractivity contribution in [3.63, 3.8) is 0 Å². The van der Waals surface area contributed by atoms with Crippen LogP contribution < -0.4 is 11.1 Å². The number of carbonyl (C=O) groups excluding carboxylic acids is 1. The Hall–Kier alpha value is -1.43. The van der Waals surface area contributed by atoms with Crippen LogP contribution in [0.5, 0.6) is 0 Å². The predicted octanol–water partition coefficient (Wildman–Crippen LogP) is 1.12. The summed E-state index contributed by atoms with van der Waals surface area (Å²) in [7, 11) is 0. The fraction of sp³-hybridized carbons (Fsp3) is 0.588. The van der Waals surface area contributed by atoms with E-state index in [1.165, 1.54) is 5.56 Å². The fourth-order valence-corrected chi connectivity index (χ4v) is 2.39. The van der Waals surface area contributed by atoms with Crippen molar-refractivity contribution in [2.75, 3.05) is 26.3 Å². The average molecular weight is 305 g/mol. The molecule has 1 atom stereocenters. The van der Waals surface area contributed by atoms with Crippen LogP contribution in [0.2, 0.25) is 0 Å². The van der Waals surface area contributed by atoms with Gasteiger partial charge in [0, 0.05) is 26.2 Å². The predicted molar refractivity (Wildman–Crippen MR) is 87.2 cm³/mol. The number of benzene rings is 1. The smallest absolute Gasteiger partial charge is 0.237 e. The molecular weight excluding hydrogens is 278 g/mol. The van der Waals surface area contributed by atoms with Crippen molar-refractivity contribution < 1.29 is 9.53 Å². The molecule has 1 aromatic rings. The van der Waals surface area contributed by atoms with E-state index in [9.17, 15) is 4.79 Å². The molecule has 3 N–H and O–H groups in total. The summed E-state index contributed by atoms with van der Waals surface area (Å²) < 4.78 is 5.35. The lowest BCUT2D eigenvalue weighted by atomic mass is 10.0. The molecule has 0 aromatic heterocycles. The average Bonchev–Trinajstić information content (AvgIpc) is 2.54. The van der Waals surface area contributed by atoms with Crippen LogP contribution in [0.25, 0.3) is 0 Å². The highest BCUT2D eigenvalue weighted by Gasteiger charge is 2.16. The van der Waals surface area contributed by atoms with Crippen LogP contribution >= 0.6 is 0 Å². The van der Waals surface area contributed by atoms with Gasteiger partial charge in [-0.2, -0.15) is 0 Å². The van der Waals surface area contributed by atoms with Gasteiger partial charge in [0.2, 0.25) is 5.91 Å². The van der Waals surface area contributed by atoms with Gasteiger partial charge in [0.25, 0.3) is 0 Å². The Labute approximate surface area is 132 Å². The Morgan fingerprint density at radius 2 is 1.82 bits per heavy atom. The van der Waals surface area contributed by atoms with Gasteiger partial charge in [-0.25, -0.2) is 0 Å². The number of morpholine rings is 1. The highest BCUT2D eigenvalue weighted by molar-refractivity contribution is 5.81. The lowest BCUT2D eigenvalue weighted by Crippen LogP contribution is -2.43. The molecule has 22 heavy (non-hydrogen) atoms. The van der Waals surface area contributed by atoms with Gasteiger partial charge in [-0.15, -0.1) is 0 Å². The second-order valence-corrected chi connectivity index (χ2v) is 6.19. The Bertz CT molecular complexity index is 467. The molecular formula is C17H27N3O2. The van der Waals surface area contributed by atoms with Crippen molar-refractivity contribution in [1.82, 2.24) is 10.2 Å². The highest BCUT2D eigenvalue weighted by atomic mass is 16.5. The van der Waals surface area contributed by atoms with Crippen molar-refractivity contribution in [3.8, 4) is 0 Å². The minimum absolute atomic E-state index is 0.0904. The number of nitrogens with two attached hydrogens (primary N) is 1. The molecule has 5 heteroatoms. The first-order valence-electron chi connectivity index (χ1n) is 7.97. The number of carbonyl (C=O) groups is 1. The molecule has 1 heterocycles. The quantitative estimate of drug-likeness (QED) is 0.826. The van der Waals surface area contributed by atoms with E-state index in [2.05, 4.69) is 34.5 Å². The first kappa shape index (κ1) is 16.9. The number of rotatable bonds is 6. The summed E-state index contributed by atoms with van der Waals surface area (Å²) in [6, 6.07) is 7.94. The zero-order chi connectivity index (χ0) is 15.9. The van der Waals surface area contributed by atoms with Crippen molar-refractivity contribution in [2.24, 2.45) is 11.7 Å². The van der Waals surface area contributed by atoms with Gasteiger partial charge in [-0.1, -0.05) is 38.1 Å². The first-order chi connectivity index (χ1) is 10.6. The highest BCUT2D eigenvalue weighted by Crippen LogP contribution is 2.09. The third-order valence-electron chi connectivity index (χ3n) is 4.02. The zero-order valence-corrected chi connectivity index (χ0v) is 13.5. The minimum atomic E-state index is -0.444. The number of ether oxygens (including phenoxy) is 1. The lowest BCUT2D eigenvalue weighted by Gasteiger charge is -2.26. The molecule has 1 aliphatic heterocycles. The van der Waals surface area contributed by atoms with Gasteiger partial charge >= 0.3 is 0 Å². The van der Waals surface area contributed by atoms with Crippen LogP contribution in [0.3, 0.4) is 0 Å². The summed E-state index contributed by atoms with van der Waals surface area (Å²) in [6.45, 7) is 9.00. The van der Waals surface area contributed by atoms with Crippen LogP contribution in [0.4, 0.5) is 0 Å². The molecule has 5 nitrogen and oxygen atoms in total. The molecule has 0 saturated carbocycles. The van der Waals surface area contributed by atoms with Crippen molar-refractivity contribution in [3.05, 3.63) is 35.4 Å². The summed E-state index contributed by atoms with van der Waals surface area (Å²) >= 11 is 0. The minimum Gasteiger partial charge on any atom is -0.379 e. The van der Waals surface area contributed by atoms with E-state index in [4.69, 9.17) is 10.5 Å². The monoisotopic (exact) mass is 305 g/mol. The van der Waals surface area contributed by atoms with Crippen molar-refractivity contribution in [2.45, 2.75) is 33.0 Å². The maximum absolute atomic E-state index is 11.8. The third kappa shape index (κ3) is 5.09. The number of nitrogens with zero attached hydrogens (tertiary/aromatic N) is 1. The third-order valence-corrected chi connectivity index (χ3v) is 4.02. The number of nitrogens with one attached hydrogen (secondary N) is 1. The van der Waals surface area contributed by atoms with E-state index in [0.29, 0.717) is 6.54 Å². The van der Waals surface area contributed by atoms with Crippen LogP contribution in [-0.2, 0) is 22.6 Å². The Balaban J connectivity index is 1.80. The van der Waals surface area contributed by atoms with Crippen LogP contribution in [-0.4, -0.2) is 43.2 Å². The largest absolute Gasteiger partial charge is 0.379 e. The van der Waals surface area contributed by atoms with Gasteiger partial charge in [0.15, 0.2) is 0 Å². The topological polar surface area (TPSA) is 67.6 Å². The standard InChI is InChI=1S/C17H27N3O2/c1-13(2)16(18)17(21)19-11-14-3-5-15(6-4-14)12-20-7-9-22-10-8-20/h3-6,13,16H,7-12,18H2,1-2H3,(H,19,21)/t16-/m0/s1. The number of hydrogen-bond donors (Lipinski definition) is 2. The Morgan fingerprint density at radius 1 is 1.23 bits per heavy atom. The molecule has 122 valence electrons. The van der Waals surface area contributed by atoms with E-state index >= 15 is 0 Å². The van der Waals surface area contributed by atoms with E-state index in [0.717, 1.165) is 38.4 Å². The van der Waals surface area contributed by atoms with Crippen LogP contribution in [0.15, 0.2) is 24.3 Å².